The molecule has 110 valence electrons. The highest BCUT2D eigenvalue weighted by atomic mass is 32.1. The summed E-state index contributed by atoms with van der Waals surface area (Å²) >= 11 is 1.40. The molecule has 0 aliphatic carbocycles. The molecule has 1 rings (SSSR count). The molecule has 0 saturated heterocycles. The first-order chi connectivity index (χ1) is 9.36. The highest BCUT2D eigenvalue weighted by molar-refractivity contribution is 7.12. The van der Waals surface area contributed by atoms with Crippen LogP contribution in [0.25, 0.3) is 0 Å². The number of hydrogen-bond donors (Lipinski definition) is 2. The number of amides is 1. The van der Waals surface area contributed by atoms with E-state index in [1.165, 1.54) is 11.3 Å². The van der Waals surface area contributed by atoms with Crippen molar-refractivity contribution in [2.75, 3.05) is 13.2 Å². The Balaban J connectivity index is 2.66. The summed E-state index contributed by atoms with van der Waals surface area (Å²) in [7, 11) is 0. The molecule has 4 heteroatoms. The van der Waals surface area contributed by atoms with E-state index in [-0.39, 0.29) is 17.9 Å². The smallest absolute Gasteiger partial charge is 0.262 e. The molecular formula is C16H23NO2S. The molecule has 1 aromatic rings. The Labute approximate surface area is 125 Å². The predicted octanol–water partition coefficient (Wildman–Crippen LogP) is 2.89. The molecule has 0 aliphatic heterocycles. The van der Waals surface area contributed by atoms with Crippen molar-refractivity contribution in [3.05, 3.63) is 21.9 Å². The van der Waals surface area contributed by atoms with Crippen LogP contribution < -0.4 is 5.32 Å². The van der Waals surface area contributed by atoms with Crippen LogP contribution in [-0.4, -0.2) is 24.2 Å². The van der Waals surface area contributed by atoms with Crippen molar-refractivity contribution in [3.8, 4) is 11.8 Å². The molecule has 0 saturated carbocycles. The van der Waals surface area contributed by atoms with Gasteiger partial charge >= 0.3 is 0 Å². The van der Waals surface area contributed by atoms with Gasteiger partial charge in [0.05, 0.1) is 6.61 Å². The fourth-order valence-corrected chi connectivity index (χ4v) is 2.19. The average Bonchev–Trinajstić information content (AvgIpc) is 2.83. The zero-order valence-electron chi connectivity index (χ0n) is 12.6. The predicted molar refractivity (Wildman–Crippen MR) is 83.9 cm³/mol. The van der Waals surface area contributed by atoms with Gasteiger partial charge in [0.25, 0.3) is 5.91 Å². The van der Waals surface area contributed by atoms with Crippen LogP contribution in [0.5, 0.6) is 0 Å². The highest BCUT2D eigenvalue weighted by Gasteiger charge is 2.21. The summed E-state index contributed by atoms with van der Waals surface area (Å²) < 4.78 is 0. The number of carbonyl (C=O) groups excluding carboxylic acids is 1. The Morgan fingerprint density at radius 1 is 1.50 bits per heavy atom. The number of nitrogens with one attached hydrogen (secondary N) is 1. The average molecular weight is 293 g/mol. The number of rotatable bonds is 4. The SMILES string of the molecule is CC(CNC(=O)c1sccc1C#CCCO)C(C)(C)C. The maximum Gasteiger partial charge on any atom is 0.262 e. The van der Waals surface area contributed by atoms with E-state index in [2.05, 4.69) is 44.9 Å². The minimum absolute atomic E-state index is 0.0434. The van der Waals surface area contributed by atoms with Crippen LogP contribution in [0.1, 0.15) is 49.4 Å². The van der Waals surface area contributed by atoms with E-state index in [9.17, 15) is 4.79 Å². The second-order valence-corrected chi connectivity index (χ2v) is 6.83. The van der Waals surface area contributed by atoms with Gasteiger partial charge in [-0.25, -0.2) is 0 Å². The third-order valence-electron chi connectivity index (χ3n) is 3.38. The largest absolute Gasteiger partial charge is 0.395 e. The van der Waals surface area contributed by atoms with Crippen molar-refractivity contribution in [2.45, 2.75) is 34.1 Å². The topological polar surface area (TPSA) is 49.3 Å². The van der Waals surface area contributed by atoms with Gasteiger partial charge in [-0.1, -0.05) is 39.5 Å². The summed E-state index contributed by atoms with van der Waals surface area (Å²) in [5.74, 6) is 6.11. The van der Waals surface area contributed by atoms with Crippen LogP contribution in [0.3, 0.4) is 0 Å². The molecule has 0 fully saturated rings. The summed E-state index contributed by atoms with van der Waals surface area (Å²) in [6.45, 7) is 9.34. The Morgan fingerprint density at radius 3 is 2.80 bits per heavy atom. The summed E-state index contributed by atoms with van der Waals surface area (Å²) in [6.07, 6.45) is 0.429. The van der Waals surface area contributed by atoms with Crippen molar-refractivity contribution < 1.29 is 9.90 Å². The van der Waals surface area contributed by atoms with E-state index in [0.717, 1.165) is 5.56 Å². The Hall–Kier alpha value is -1.31. The van der Waals surface area contributed by atoms with Crippen LogP contribution in [-0.2, 0) is 0 Å². The quantitative estimate of drug-likeness (QED) is 0.839. The zero-order chi connectivity index (χ0) is 15.2. The number of aliphatic hydroxyl groups excluding tert-OH is 1. The van der Waals surface area contributed by atoms with Crippen molar-refractivity contribution in [1.29, 1.82) is 0 Å². The van der Waals surface area contributed by atoms with Gasteiger partial charge in [-0.2, -0.15) is 0 Å². The van der Waals surface area contributed by atoms with Gasteiger partial charge in [-0.05, 0) is 22.8 Å². The molecule has 1 heterocycles. The van der Waals surface area contributed by atoms with E-state index in [1.807, 2.05) is 11.4 Å². The molecule has 1 atom stereocenters. The van der Waals surface area contributed by atoms with E-state index < -0.39 is 0 Å². The summed E-state index contributed by atoms with van der Waals surface area (Å²) in [5, 5.41) is 13.6. The summed E-state index contributed by atoms with van der Waals surface area (Å²) in [4.78, 5) is 12.8. The van der Waals surface area contributed by atoms with Crippen molar-refractivity contribution in [3.63, 3.8) is 0 Å². The van der Waals surface area contributed by atoms with E-state index in [4.69, 9.17) is 5.11 Å². The van der Waals surface area contributed by atoms with Gasteiger partial charge in [0.15, 0.2) is 0 Å². The first-order valence-corrected chi connectivity index (χ1v) is 7.69. The normalized spacial score (nSPS) is 12.4. The standard InChI is InChI=1S/C16H23NO2S/c1-12(16(2,3)4)11-17-15(19)14-13(8-10-20-14)7-5-6-9-18/h8,10,12,18H,6,9,11H2,1-4H3,(H,17,19). The third-order valence-corrected chi connectivity index (χ3v) is 4.29. The number of hydrogen-bond acceptors (Lipinski definition) is 3. The van der Waals surface area contributed by atoms with Crippen molar-refractivity contribution >= 4 is 17.2 Å². The lowest BCUT2D eigenvalue weighted by molar-refractivity contribution is 0.0941. The maximum absolute atomic E-state index is 12.2. The van der Waals surface area contributed by atoms with Gasteiger partial charge in [0.1, 0.15) is 4.88 Å². The molecule has 3 nitrogen and oxygen atoms in total. The van der Waals surface area contributed by atoms with Crippen molar-refractivity contribution in [2.24, 2.45) is 11.3 Å². The lowest BCUT2D eigenvalue weighted by atomic mass is 9.82. The first kappa shape index (κ1) is 16.7. The van der Waals surface area contributed by atoms with E-state index in [0.29, 0.717) is 23.8 Å². The van der Waals surface area contributed by atoms with Crippen LogP contribution in [0.15, 0.2) is 11.4 Å². The van der Waals surface area contributed by atoms with Gasteiger partial charge in [0.2, 0.25) is 0 Å². The monoisotopic (exact) mass is 293 g/mol. The van der Waals surface area contributed by atoms with Crippen LogP contribution in [0.2, 0.25) is 0 Å². The van der Waals surface area contributed by atoms with Gasteiger partial charge < -0.3 is 10.4 Å². The van der Waals surface area contributed by atoms with Crippen LogP contribution in [0.4, 0.5) is 0 Å². The summed E-state index contributed by atoms with van der Waals surface area (Å²) in [6, 6.07) is 1.84. The molecule has 2 N–H and O–H groups in total. The number of carbonyl (C=O) groups is 1. The second kappa shape index (κ2) is 7.47. The molecular weight excluding hydrogens is 270 g/mol. The van der Waals surface area contributed by atoms with Crippen molar-refractivity contribution in [1.82, 2.24) is 5.32 Å². The molecule has 1 unspecified atom stereocenters. The molecule has 1 aromatic heterocycles. The fraction of sp³-hybridized carbons (Fsp3) is 0.562. The highest BCUT2D eigenvalue weighted by Crippen LogP contribution is 2.24. The Morgan fingerprint density at radius 2 is 2.20 bits per heavy atom. The molecule has 20 heavy (non-hydrogen) atoms. The maximum atomic E-state index is 12.2. The van der Waals surface area contributed by atoms with Gasteiger partial charge in [-0.15, -0.1) is 11.3 Å². The first-order valence-electron chi connectivity index (χ1n) is 6.81. The molecule has 0 aromatic carbocycles. The van der Waals surface area contributed by atoms with Crippen LogP contribution in [0, 0.1) is 23.2 Å². The molecule has 0 radical (unpaired) electrons. The van der Waals surface area contributed by atoms with Gasteiger partial charge in [-0.3, -0.25) is 4.79 Å². The Kier molecular flexibility index (Phi) is 6.25. The molecule has 0 aliphatic rings. The van der Waals surface area contributed by atoms with E-state index in [1.54, 1.807) is 0 Å². The molecule has 0 spiro atoms. The second-order valence-electron chi connectivity index (χ2n) is 5.92. The third kappa shape index (κ3) is 4.99. The lowest BCUT2D eigenvalue weighted by Gasteiger charge is -2.27. The minimum Gasteiger partial charge on any atom is -0.395 e. The molecule has 0 bridgehead atoms. The number of thiophene rings is 1. The fourth-order valence-electron chi connectivity index (χ4n) is 1.43. The van der Waals surface area contributed by atoms with Crippen LogP contribution >= 0.6 is 11.3 Å². The lowest BCUT2D eigenvalue weighted by Crippen LogP contribution is -2.33. The van der Waals surface area contributed by atoms with E-state index >= 15 is 0 Å². The Bertz CT molecular complexity index is 503. The van der Waals surface area contributed by atoms with Gasteiger partial charge in [0, 0.05) is 18.5 Å². The summed E-state index contributed by atoms with van der Waals surface area (Å²) in [5.41, 5.74) is 0.913. The zero-order valence-corrected chi connectivity index (χ0v) is 13.4. The molecule has 1 amide bonds. The number of aliphatic hydroxyl groups is 1. The minimum atomic E-state index is -0.0654.